The molecule has 0 bridgehead atoms. The van der Waals surface area contributed by atoms with E-state index in [4.69, 9.17) is 17.2 Å². The Labute approximate surface area is 105 Å². The van der Waals surface area contributed by atoms with Gasteiger partial charge in [-0.3, -0.25) is 4.79 Å². The maximum absolute atomic E-state index is 11.6. The lowest BCUT2D eigenvalue weighted by Crippen LogP contribution is -2.55. The van der Waals surface area contributed by atoms with Crippen LogP contribution < -0.4 is 27.4 Å². The summed E-state index contributed by atoms with van der Waals surface area (Å²) < 4.78 is 0. The molecule has 7 N–H and O–H groups in total. The third-order valence-corrected chi connectivity index (χ3v) is 2.96. The van der Waals surface area contributed by atoms with Gasteiger partial charge in [0.15, 0.2) is 17.4 Å². The lowest BCUT2D eigenvalue weighted by atomic mass is 10.1. The van der Waals surface area contributed by atoms with Crippen molar-refractivity contribution in [3.8, 4) is 0 Å². The zero-order valence-electron chi connectivity index (χ0n) is 10.2. The van der Waals surface area contributed by atoms with Gasteiger partial charge in [-0.1, -0.05) is 0 Å². The van der Waals surface area contributed by atoms with Crippen molar-refractivity contribution in [1.82, 2.24) is 15.3 Å². The summed E-state index contributed by atoms with van der Waals surface area (Å²) in [6, 6.07) is -0.310. The first-order valence-corrected chi connectivity index (χ1v) is 5.67. The average molecular weight is 251 g/mol. The van der Waals surface area contributed by atoms with Crippen LogP contribution in [0.1, 0.15) is 6.92 Å². The van der Waals surface area contributed by atoms with Crippen LogP contribution in [0.4, 0.5) is 23.3 Å². The molecule has 0 aromatic carbocycles. The number of nitrogens with two attached hydrogens (primary N) is 3. The number of nitrogens with zero attached hydrogens (tertiary/aromatic N) is 3. The van der Waals surface area contributed by atoms with Crippen LogP contribution in [0.15, 0.2) is 0 Å². The molecule has 0 spiro atoms. The van der Waals surface area contributed by atoms with Gasteiger partial charge in [0.05, 0.1) is 0 Å². The number of Topliss-reactive ketones (excluding diaryl/α,β-unsaturated/α-hetero) is 1. The number of aromatic nitrogens is 2. The Hall–Kier alpha value is -2.09. The minimum absolute atomic E-state index is 0.0392. The first kappa shape index (κ1) is 12.4. The predicted molar refractivity (Wildman–Crippen MR) is 70.0 cm³/mol. The average Bonchev–Trinajstić information content (AvgIpc) is 2.33. The topological polar surface area (TPSA) is 136 Å². The standard InChI is InChI=1S/C10H17N7O/c1-5(18)6-4-14-2-3-17(6)9-7(11)8(12)15-10(13)16-9/h6,14H,2-4,11H2,1H3,(H4,12,13,15,16). The number of carbonyl (C=O) groups is 1. The van der Waals surface area contributed by atoms with Crippen LogP contribution in [0, 0.1) is 0 Å². The molecule has 8 nitrogen and oxygen atoms in total. The lowest BCUT2D eigenvalue weighted by molar-refractivity contribution is -0.118. The van der Waals surface area contributed by atoms with Crippen LogP contribution in [0.5, 0.6) is 0 Å². The van der Waals surface area contributed by atoms with Crippen molar-refractivity contribution in [1.29, 1.82) is 0 Å². The normalized spacial score (nSPS) is 19.8. The molecule has 0 saturated carbocycles. The van der Waals surface area contributed by atoms with E-state index in [2.05, 4.69) is 15.3 Å². The molecule has 1 fully saturated rings. The molecule has 0 amide bonds. The van der Waals surface area contributed by atoms with E-state index in [9.17, 15) is 4.79 Å². The first-order valence-electron chi connectivity index (χ1n) is 5.67. The summed E-state index contributed by atoms with van der Waals surface area (Å²) in [7, 11) is 0. The molecule has 1 aliphatic heterocycles. The molecule has 1 unspecified atom stereocenters. The van der Waals surface area contributed by atoms with Crippen molar-refractivity contribution in [2.45, 2.75) is 13.0 Å². The van der Waals surface area contributed by atoms with E-state index < -0.39 is 0 Å². The quantitative estimate of drug-likeness (QED) is 0.503. The zero-order chi connectivity index (χ0) is 13.3. The second-order valence-electron chi connectivity index (χ2n) is 4.23. The monoisotopic (exact) mass is 251 g/mol. The molecule has 1 aromatic rings. The molecule has 8 heteroatoms. The summed E-state index contributed by atoms with van der Waals surface area (Å²) in [6.45, 7) is 3.45. The summed E-state index contributed by atoms with van der Waals surface area (Å²) in [5.74, 6) is 0.662. The van der Waals surface area contributed by atoms with Crippen molar-refractivity contribution in [3.63, 3.8) is 0 Å². The highest BCUT2D eigenvalue weighted by atomic mass is 16.1. The Balaban J connectivity index is 2.42. The second-order valence-corrected chi connectivity index (χ2v) is 4.23. The Bertz CT molecular complexity index is 476. The van der Waals surface area contributed by atoms with E-state index >= 15 is 0 Å². The molecular formula is C10H17N7O. The lowest BCUT2D eigenvalue weighted by Gasteiger charge is -2.36. The fourth-order valence-corrected chi connectivity index (χ4v) is 2.03. The molecule has 0 radical (unpaired) electrons. The zero-order valence-corrected chi connectivity index (χ0v) is 10.2. The van der Waals surface area contributed by atoms with Crippen LogP contribution in [0.25, 0.3) is 0 Å². The van der Waals surface area contributed by atoms with Gasteiger partial charge in [-0.2, -0.15) is 9.97 Å². The molecule has 1 aliphatic rings. The maximum Gasteiger partial charge on any atom is 0.224 e. The van der Waals surface area contributed by atoms with Gasteiger partial charge in [-0.05, 0) is 6.92 Å². The van der Waals surface area contributed by atoms with Gasteiger partial charge in [-0.15, -0.1) is 0 Å². The molecule has 0 aliphatic carbocycles. The number of hydrogen-bond acceptors (Lipinski definition) is 8. The fraction of sp³-hybridized carbons (Fsp3) is 0.500. The fourth-order valence-electron chi connectivity index (χ4n) is 2.03. The van der Waals surface area contributed by atoms with Crippen molar-refractivity contribution in [3.05, 3.63) is 0 Å². The Morgan fingerprint density at radius 1 is 1.39 bits per heavy atom. The number of ketones is 1. The second kappa shape index (κ2) is 4.65. The van der Waals surface area contributed by atoms with Crippen molar-refractivity contribution in [2.24, 2.45) is 0 Å². The predicted octanol–water partition coefficient (Wildman–Crippen LogP) is -1.41. The summed E-state index contributed by atoms with van der Waals surface area (Å²) in [6.07, 6.45) is 0. The molecule has 1 aromatic heterocycles. The largest absolute Gasteiger partial charge is 0.393 e. The van der Waals surface area contributed by atoms with Crippen LogP contribution in [0.2, 0.25) is 0 Å². The summed E-state index contributed by atoms with van der Waals surface area (Å²) in [5.41, 5.74) is 17.4. The molecule has 2 heterocycles. The molecule has 18 heavy (non-hydrogen) atoms. The maximum atomic E-state index is 11.6. The van der Waals surface area contributed by atoms with E-state index in [-0.39, 0.29) is 29.3 Å². The van der Waals surface area contributed by atoms with Crippen molar-refractivity contribution < 1.29 is 4.79 Å². The van der Waals surface area contributed by atoms with Gasteiger partial charge in [0.25, 0.3) is 0 Å². The molecular weight excluding hydrogens is 234 g/mol. The van der Waals surface area contributed by atoms with Crippen LogP contribution in [-0.4, -0.2) is 41.4 Å². The number of rotatable bonds is 2. The van der Waals surface area contributed by atoms with Gasteiger partial charge in [0.2, 0.25) is 5.95 Å². The van der Waals surface area contributed by atoms with Gasteiger partial charge in [0.1, 0.15) is 11.7 Å². The Morgan fingerprint density at radius 2 is 2.11 bits per heavy atom. The molecule has 2 rings (SSSR count). The smallest absolute Gasteiger partial charge is 0.224 e. The Morgan fingerprint density at radius 3 is 2.78 bits per heavy atom. The minimum atomic E-state index is -0.310. The number of anilines is 4. The SMILES string of the molecule is CC(=O)C1CNCCN1c1nc(N)nc(N)c1N. The van der Waals surface area contributed by atoms with Gasteiger partial charge in [0, 0.05) is 19.6 Å². The molecule has 1 atom stereocenters. The number of carbonyl (C=O) groups excluding carboxylic acids is 1. The van der Waals surface area contributed by atoms with Crippen LogP contribution in [-0.2, 0) is 4.79 Å². The van der Waals surface area contributed by atoms with Gasteiger partial charge >= 0.3 is 0 Å². The number of piperazine rings is 1. The highest BCUT2D eigenvalue weighted by molar-refractivity contribution is 5.87. The van der Waals surface area contributed by atoms with Gasteiger partial charge in [-0.25, -0.2) is 0 Å². The van der Waals surface area contributed by atoms with E-state index in [1.807, 2.05) is 4.90 Å². The van der Waals surface area contributed by atoms with E-state index in [0.29, 0.717) is 18.9 Å². The van der Waals surface area contributed by atoms with Crippen LogP contribution >= 0.6 is 0 Å². The number of nitrogens with one attached hydrogen (secondary N) is 1. The first-order chi connectivity index (χ1) is 8.50. The summed E-state index contributed by atoms with van der Waals surface area (Å²) >= 11 is 0. The number of hydrogen-bond donors (Lipinski definition) is 4. The van der Waals surface area contributed by atoms with Gasteiger partial charge < -0.3 is 27.4 Å². The van der Waals surface area contributed by atoms with Crippen molar-refractivity contribution in [2.75, 3.05) is 41.7 Å². The highest BCUT2D eigenvalue weighted by Crippen LogP contribution is 2.28. The molecule has 98 valence electrons. The summed E-state index contributed by atoms with van der Waals surface area (Å²) in [5, 5.41) is 3.16. The summed E-state index contributed by atoms with van der Waals surface area (Å²) in [4.78, 5) is 21.3. The third kappa shape index (κ3) is 2.14. The van der Waals surface area contributed by atoms with Crippen LogP contribution in [0.3, 0.4) is 0 Å². The highest BCUT2D eigenvalue weighted by Gasteiger charge is 2.29. The molecule has 1 saturated heterocycles. The van der Waals surface area contributed by atoms with E-state index in [1.54, 1.807) is 0 Å². The van der Waals surface area contributed by atoms with E-state index in [1.165, 1.54) is 6.92 Å². The van der Waals surface area contributed by atoms with Crippen molar-refractivity contribution >= 4 is 29.1 Å². The minimum Gasteiger partial charge on any atom is -0.393 e. The Kier molecular flexibility index (Phi) is 3.19. The number of nitrogen functional groups attached to an aromatic ring is 3. The third-order valence-electron chi connectivity index (χ3n) is 2.96. The van der Waals surface area contributed by atoms with E-state index in [0.717, 1.165) is 6.54 Å².